The number of rotatable bonds is 7. The van der Waals surface area contributed by atoms with E-state index in [2.05, 4.69) is 56.6 Å². The van der Waals surface area contributed by atoms with Gasteiger partial charge in [0.25, 0.3) is 0 Å². The monoisotopic (exact) mass is 251 g/mol. The van der Waals surface area contributed by atoms with Gasteiger partial charge in [0.15, 0.2) is 0 Å². The van der Waals surface area contributed by atoms with Crippen LogP contribution in [0, 0.1) is 13.8 Å². The second kappa shape index (κ2) is 7.65. The van der Waals surface area contributed by atoms with Crippen molar-refractivity contribution in [3.8, 4) is 0 Å². The van der Waals surface area contributed by atoms with Crippen LogP contribution in [-0.4, -0.2) is 19.3 Å². The Morgan fingerprint density at radius 3 is 2.41 bits per heavy atom. The molecular weight excluding hydrogens is 226 g/mol. The lowest BCUT2D eigenvalue weighted by Gasteiger charge is -2.21. The molecule has 0 amide bonds. The summed E-state index contributed by atoms with van der Waals surface area (Å²) in [5.41, 5.74) is 4.08. The van der Waals surface area contributed by atoms with Gasteiger partial charge in [-0.15, -0.1) is 0 Å². The Bertz CT molecular complexity index is 336. The number of nitrogens with zero attached hydrogens (tertiary/aromatic N) is 1. The van der Waals surface area contributed by atoms with Gasteiger partial charge in [0, 0.05) is 19.3 Å². The molecule has 17 heavy (non-hydrogen) atoms. The molecule has 1 aromatic carbocycles. The number of aryl methyl sites for hydroxylation is 2. The fraction of sp³-hybridized carbons (Fsp3) is 0.600. The summed E-state index contributed by atoms with van der Waals surface area (Å²) in [6.45, 7) is 5.49. The van der Waals surface area contributed by atoms with Gasteiger partial charge in [-0.25, -0.2) is 0 Å². The molecule has 0 aliphatic heterocycles. The Labute approximate surface area is 112 Å². The largest absolute Gasteiger partial charge is 0.374 e. The molecule has 0 radical (unpaired) electrons. The number of hydrogen-bond acceptors (Lipinski definition) is 2. The molecular formula is C15H25NS. The SMILES string of the molecule is Cc1ccc(N(C)CCCCCCS)c(C)c1. The van der Waals surface area contributed by atoms with Gasteiger partial charge in [-0.2, -0.15) is 12.6 Å². The smallest absolute Gasteiger partial charge is 0.0393 e. The maximum Gasteiger partial charge on any atom is 0.0393 e. The average Bonchev–Trinajstić information content (AvgIpc) is 2.28. The lowest BCUT2D eigenvalue weighted by molar-refractivity contribution is 0.664. The lowest BCUT2D eigenvalue weighted by atomic mass is 10.1. The summed E-state index contributed by atoms with van der Waals surface area (Å²) in [7, 11) is 2.19. The Hall–Kier alpha value is -0.630. The minimum Gasteiger partial charge on any atom is -0.374 e. The first-order valence-electron chi connectivity index (χ1n) is 6.54. The van der Waals surface area contributed by atoms with Crippen LogP contribution >= 0.6 is 12.6 Å². The van der Waals surface area contributed by atoms with Crippen molar-refractivity contribution in [2.75, 3.05) is 24.2 Å². The average molecular weight is 251 g/mol. The molecule has 1 aromatic rings. The fourth-order valence-electron chi connectivity index (χ4n) is 2.17. The zero-order valence-corrected chi connectivity index (χ0v) is 12.3. The highest BCUT2D eigenvalue weighted by Gasteiger charge is 2.03. The Kier molecular flexibility index (Phi) is 6.49. The van der Waals surface area contributed by atoms with E-state index in [1.165, 1.54) is 42.5 Å². The van der Waals surface area contributed by atoms with Crippen LogP contribution in [0.3, 0.4) is 0 Å². The summed E-state index contributed by atoms with van der Waals surface area (Å²) in [6, 6.07) is 6.69. The molecule has 0 saturated heterocycles. The van der Waals surface area contributed by atoms with E-state index < -0.39 is 0 Å². The van der Waals surface area contributed by atoms with Crippen molar-refractivity contribution in [3.05, 3.63) is 29.3 Å². The number of unbranched alkanes of at least 4 members (excludes halogenated alkanes) is 3. The predicted molar refractivity (Wildman–Crippen MR) is 81.5 cm³/mol. The summed E-state index contributed by atoms with van der Waals surface area (Å²) in [4.78, 5) is 2.37. The van der Waals surface area contributed by atoms with E-state index in [-0.39, 0.29) is 0 Å². The number of thiol groups is 1. The van der Waals surface area contributed by atoms with Gasteiger partial charge in [0.1, 0.15) is 0 Å². The standard InChI is InChI=1S/C15H25NS/c1-13-8-9-15(14(2)12-13)16(3)10-6-4-5-7-11-17/h8-9,12,17H,4-7,10-11H2,1-3H3. The molecule has 96 valence electrons. The van der Waals surface area contributed by atoms with Crippen LogP contribution in [0.5, 0.6) is 0 Å². The molecule has 0 saturated carbocycles. The van der Waals surface area contributed by atoms with Gasteiger partial charge in [0.05, 0.1) is 0 Å². The molecule has 0 N–H and O–H groups in total. The molecule has 0 aromatic heterocycles. The number of anilines is 1. The van der Waals surface area contributed by atoms with E-state index in [4.69, 9.17) is 0 Å². The third kappa shape index (κ3) is 5.03. The van der Waals surface area contributed by atoms with Gasteiger partial charge in [-0.3, -0.25) is 0 Å². The van der Waals surface area contributed by atoms with E-state index >= 15 is 0 Å². The van der Waals surface area contributed by atoms with Crippen LogP contribution in [-0.2, 0) is 0 Å². The van der Waals surface area contributed by atoms with E-state index in [1.807, 2.05) is 0 Å². The van der Waals surface area contributed by atoms with Crippen molar-refractivity contribution in [1.29, 1.82) is 0 Å². The van der Waals surface area contributed by atoms with Gasteiger partial charge < -0.3 is 4.90 Å². The first-order chi connectivity index (χ1) is 8.15. The summed E-state index contributed by atoms with van der Waals surface area (Å²) < 4.78 is 0. The molecule has 0 fully saturated rings. The van der Waals surface area contributed by atoms with Crippen molar-refractivity contribution in [2.45, 2.75) is 39.5 Å². The first-order valence-corrected chi connectivity index (χ1v) is 7.17. The van der Waals surface area contributed by atoms with Crippen molar-refractivity contribution in [2.24, 2.45) is 0 Å². The molecule has 0 unspecified atom stereocenters. The molecule has 0 aliphatic carbocycles. The normalized spacial score (nSPS) is 10.6. The van der Waals surface area contributed by atoms with Crippen LogP contribution in [0.25, 0.3) is 0 Å². The third-order valence-corrected chi connectivity index (χ3v) is 3.48. The van der Waals surface area contributed by atoms with Crippen LogP contribution in [0.15, 0.2) is 18.2 Å². The predicted octanol–water partition coefficient (Wildman–Crippen LogP) is 4.23. The van der Waals surface area contributed by atoms with E-state index in [0.29, 0.717) is 0 Å². The molecule has 2 heteroatoms. The second-order valence-electron chi connectivity index (χ2n) is 4.85. The molecule has 0 spiro atoms. The Balaban J connectivity index is 2.38. The molecule has 1 nitrogen and oxygen atoms in total. The Morgan fingerprint density at radius 2 is 1.76 bits per heavy atom. The minimum absolute atomic E-state index is 1.02. The fourth-order valence-corrected chi connectivity index (χ4v) is 2.39. The summed E-state index contributed by atoms with van der Waals surface area (Å²) in [5, 5.41) is 0. The number of benzene rings is 1. The minimum atomic E-state index is 1.02. The van der Waals surface area contributed by atoms with Crippen LogP contribution in [0.1, 0.15) is 36.8 Å². The van der Waals surface area contributed by atoms with Crippen LogP contribution < -0.4 is 4.90 Å². The summed E-state index contributed by atoms with van der Waals surface area (Å²) >= 11 is 4.23. The van der Waals surface area contributed by atoms with E-state index in [9.17, 15) is 0 Å². The maximum atomic E-state index is 4.23. The van der Waals surface area contributed by atoms with E-state index in [0.717, 1.165) is 12.3 Å². The second-order valence-corrected chi connectivity index (χ2v) is 5.30. The highest BCUT2D eigenvalue weighted by atomic mass is 32.1. The Morgan fingerprint density at radius 1 is 1.06 bits per heavy atom. The van der Waals surface area contributed by atoms with Gasteiger partial charge >= 0.3 is 0 Å². The van der Waals surface area contributed by atoms with Crippen molar-refractivity contribution in [3.63, 3.8) is 0 Å². The molecule has 0 bridgehead atoms. The van der Waals surface area contributed by atoms with Gasteiger partial charge in [0.2, 0.25) is 0 Å². The zero-order chi connectivity index (χ0) is 12.7. The van der Waals surface area contributed by atoms with Crippen LogP contribution in [0.2, 0.25) is 0 Å². The highest BCUT2D eigenvalue weighted by Crippen LogP contribution is 2.20. The molecule has 1 rings (SSSR count). The topological polar surface area (TPSA) is 3.24 Å². The lowest BCUT2D eigenvalue weighted by Crippen LogP contribution is -2.19. The van der Waals surface area contributed by atoms with E-state index in [1.54, 1.807) is 0 Å². The number of hydrogen-bond donors (Lipinski definition) is 1. The summed E-state index contributed by atoms with van der Waals surface area (Å²) in [5.74, 6) is 1.02. The van der Waals surface area contributed by atoms with Gasteiger partial charge in [-0.05, 0) is 44.1 Å². The molecule has 0 heterocycles. The first kappa shape index (κ1) is 14.4. The van der Waals surface area contributed by atoms with Gasteiger partial charge in [-0.1, -0.05) is 30.5 Å². The summed E-state index contributed by atoms with van der Waals surface area (Å²) in [6.07, 6.45) is 5.15. The van der Waals surface area contributed by atoms with Crippen LogP contribution in [0.4, 0.5) is 5.69 Å². The third-order valence-electron chi connectivity index (χ3n) is 3.17. The van der Waals surface area contributed by atoms with Crippen molar-refractivity contribution >= 4 is 18.3 Å². The van der Waals surface area contributed by atoms with Crippen molar-refractivity contribution < 1.29 is 0 Å². The van der Waals surface area contributed by atoms with Crippen molar-refractivity contribution in [1.82, 2.24) is 0 Å². The molecule has 0 aliphatic rings. The zero-order valence-electron chi connectivity index (χ0n) is 11.4. The highest BCUT2D eigenvalue weighted by molar-refractivity contribution is 7.80. The maximum absolute atomic E-state index is 4.23. The quantitative estimate of drug-likeness (QED) is 0.560. The molecule has 0 atom stereocenters.